The second-order valence-corrected chi connectivity index (χ2v) is 7.99. The van der Waals surface area contributed by atoms with Crippen molar-refractivity contribution in [1.82, 2.24) is 4.57 Å². The molecule has 1 aromatic heterocycles. The average Bonchev–Trinajstić information content (AvgIpc) is 2.85. The highest BCUT2D eigenvalue weighted by Gasteiger charge is 2.07. The van der Waals surface area contributed by atoms with Gasteiger partial charge < -0.3 is 27.1 Å². The highest BCUT2D eigenvalue weighted by molar-refractivity contribution is 6.05. The van der Waals surface area contributed by atoms with Gasteiger partial charge in [-0.3, -0.25) is 4.79 Å². The Bertz CT molecular complexity index is 1510. The molecule has 35 heavy (non-hydrogen) atoms. The van der Waals surface area contributed by atoms with Crippen molar-refractivity contribution >= 4 is 45.5 Å². The third-order valence-electron chi connectivity index (χ3n) is 5.39. The van der Waals surface area contributed by atoms with E-state index in [1.165, 1.54) is 0 Å². The fourth-order valence-corrected chi connectivity index (χ4v) is 3.52. The van der Waals surface area contributed by atoms with Crippen molar-refractivity contribution in [2.45, 2.75) is 6.92 Å². The molecule has 0 fully saturated rings. The summed E-state index contributed by atoms with van der Waals surface area (Å²) in [6.45, 7) is 1.78. The lowest BCUT2D eigenvalue weighted by atomic mass is 10.1. The molecule has 1 heterocycles. The first kappa shape index (κ1) is 23.2. The van der Waals surface area contributed by atoms with Crippen molar-refractivity contribution in [3.05, 3.63) is 95.5 Å². The lowest BCUT2D eigenvalue weighted by molar-refractivity contribution is 0.102. The third-order valence-corrected chi connectivity index (χ3v) is 5.39. The summed E-state index contributed by atoms with van der Waals surface area (Å²) in [6.07, 6.45) is 1.95. The van der Waals surface area contributed by atoms with E-state index in [-0.39, 0.29) is 11.9 Å². The summed E-state index contributed by atoms with van der Waals surface area (Å²) in [4.78, 5) is 17.4. The summed E-state index contributed by atoms with van der Waals surface area (Å²) in [5.74, 6) is -0.338. The molecule has 0 aliphatic rings. The summed E-state index contributed by atoms with van der Waals surface area (Å²) in [7, 11) is 1.97. The number of anilines is 2. The number of guanidine groups is 1. The average molecular weight is 467 g/mol. The molecule has 9 nitrogen and oxygen atoms in total. The van der Waals surface area contributed by atoms with Crippen molar-refractivity contribution in [2.75, 3.05) is 11.1 Å². The number of carbonyl (C=O) groups excluding carboxylic acids is 1. The van der Waals surface area contributed by atoms with E-state index in [0.717, 1.165) is 27.5 Å². The number of nitrogens with one attached hydrogen (secondary N) is 1. The van der Waals surface area contributed by atoms with Crippen LogP contribution in [0.2, 0.25) is 0 Å². The van der Waals surface area contributed by atoms with Gasteiger partial charge in [0.2, 0.25) is 5.96 Å². The molecular weight excluding hydrogens is 440 g/mol. The van der Waals surface area contributed by atoms with Crippen molar-refractivity contribution in [2.24, 2.45) is 33.7 Å². The first-order chi connectivity index (χ1) is 16.8. The Kier molecular flexibility index (Phi) is 6.59. The van der Waals surface area contributed by atoms with Crippen molar-refractivity contribution in [3.8, 4) is 0 Å². The van der Waals surface area contributed by atoms with Crippen molar-refractivity contribution in [1.29, 1.82) is 0 Å². The SMILES string of the molecule is C/C(=N\N=C(N)N)c1ccc(C(=O)Nc2ccc(N=c3ccn(C)c4cc(N)ccc34)cc2)cc1. The first-order valence-corrected chi connectivity index (χ1v) is 10.8. The monoisotopic (exact) mass is 466 g/mol. The zero-order valence-electron chi connectivity index (χ0n) is 19.4. The Balaban J connectivity index is 1.50. The Hall–Kier alpha value is -4.92. The second kappa shape index (κ2) is 9.92. The highest BCUT2D eigenvalue weighted by Crippen LogP contribution is 2.19. The number of carbonyl (C=O) groups is 1. The van der Waals surface area contributed by atoms with E-state index in [4.69, 9.17) is 22.2 Å². The van der Waals surface area contributed by atoms with Crippen LogP contribution in [0.3, 0.4) is 0 Å². The Labute approximate surface area is 202 Å². The van der Waals surface area contributed by atoms with E-state index in [2.05, 4.69) is 15.5 Å². The predicted octanol–water partition coefficient (Wildman–Crippen LogP) is 3.24. The minimum absolute atomic E-state index is 0.115. The minimum atomic E-state index is -0.223. The van der Waals surface area contributed by atoms with Crippen LogP contribution < -0.4 is 27.9 Å². The second-order valence-electron chi connectivity index (χ2n) is 7.99. The number of rotatable bonds is 5. The van der Waals surface area contributed by atoms with Crippen LogP contribution >= 0.6 is 0 Å². The number of hydrogen-bond acceptors (Lipinski definition) is 5. The van der Waals surface area contributed by atoms with Crippen molar-refractivity contribution in [3.63, 3.8) is 0 Å². The molecular formula is C26H26N8O. The van der Waals surface area contributed by atoms with E-state index in [0.29, 0.717) is 22.6 Å². The van der Waals surface area contributed by atoms with Gasteiger partial charge in [0.1, 0.15) is 0 Å². The Morgan fingerprint density at radius 1 is 0.886 bits per heavy atom. The molecule has 4 rings (SSSR count). The maximum Gasteiger partial charge on any atom is 0.255 e. The summed E-state index contributed by atoms with van der Waals surface area (Å²) >= 11 is 0. The molecule has 0 atom stereocenters. The summed E-state index contributed by atoms with van der Waals surface area (Å²) in [5, 5.41) is 12.3. The summed E-state index contributed by atoms with van der Waals surface area (Å²) in [5.41, 5.74) is 21.6. The van der Waals surface area contributed by atoms with Gasteiger partial charge in [0.15, 0.2) is 0 Å². The van der Waals surface area contributed by atoms with Crippen LogP contribution in [-0.2, 0) is 7.05 Å². The van der Waals surface area contributed by atoms with E-state index in [1.807, 2.05) is 66.3 Å². The van der Waals surface area contributed by atoms with Gasteiger partial charge in [-0.05, 0) is 73.2 Å². The zero-order valence-corrected chi connectivity index (χ0v) is 19.4. The third kappa shape index (κ3) is 5.53. The maximum absolute atomic E-state index is 12.7. The number of nitrogens with two attached hydrogens (primary N) is 3. The maximum atomic E-state index is 12.7. The molecule has 0 spiro atoms. The van der Waals surface area contributed by atoms with Crippen LogP contribution in [0.5, 0.6) is 0 Å². The molecule has 176 valence electrons. The number of benzene rings is 3. The molecule has 0 saturated heterocycles. The number of hydrogen-bond donors (Lipinski definition) is 4. The molecule has 4 aromatic rings. The van der Waals surface area contributed by atoms with E-state index >= 15 is 0 Å². The molecule has 0 bridgehead atoms. The normalized spacial score (nSPS) is 11.9. The van der Waals surface area contributed by atoms with Gasteiger partial charge in [0.25, 0.3) is 5.91 Å². The van der Waals surface area contributed by atoms with Crippen molar-refractivity contribution < 1.29 is 4.79 Å². The van der Waals surface area contributed by atoms with Gasteiger partial charge in [-0.1, -0.05) is 12.1 Å². The number of aryl methyl sites for hydroxylation is 1. The van der Waals surface area contributed by atoms with Gasteiger partial charge in [-0.2, -0.15) is 5.10 Å². The standard InChI is InChI=1S/C26H26N8O/c1-16(32-33-26(28)29)17-3-5-18(6-4-17)25(35)31-21-10-8-20(9-11-21)30-23-13-14-34(2)24-15-19(27)7-12-22(23)24/h3-15H,27H2,1-2H3,(H,31,35)(H4,28,29,33)/b30-23?,32-16+. The summed E-state index contributed by atoms with van der Waals surface area (Å²) < 4.78 is 2.01. The molecule has 0 unspecified atom stereocenters. The quantitative estimate of drug-likeness (QED) is 0.155. The number of nitrogen functional groups attached to an aromatic ring is 1. The molecule has 7 N–H and O–H groups in total. The molecule has 3 aromatic carbocycles. The molecule has 9 heteroatoms. The number of nitrogens with zero attached hydrogens (tertiary/aromatic N) is 4. The van der Waals surface area contributed by atoms with Gasteiger partial charge in [0.05, 0.1) is 22.3 Å². The van der Waals surface area contributed by atoms with Crippen LogP contribution in [0.1, 0.15) is 22.8 Å². The van der Waals surface area contributed by atoms with Gasteiger partial charge in [-0.25, -0.2) is 4.99 Å². The van der Waals surface area contributed by atoms with Gasteiger partial charge in [0, 0.05) is 35.6 Å². The van der Waals surface area contributed by atoms with E-state index in [1.54, 1.807) is 31.2 Å². The van der Waals surface area contributed by atoms with Crippen LogP contribution in [0.15, 0.2) is 94.2 Å². The van der Waals surface area contributed by atoms with Crippen LogP contribution in [-0.4, -0.2) is 22.1 Å². The van der Waals surface area contributed by atoms with Crippen LogP contribution in [0.4, 0.5) is 17.1 Å². The summed E-state index contributed by atoms with van der Waals surface area (Å²) in [6, 6.07) is 22.1. The van der Waals surface area contributed by atoms with Gasteiger partial charge >= 0.3 is 0 Å². The smallest absolute Gasteiger partial charge is 0.255 e. The van der Waals surface area contributed by atoms with Gasteiger partial charge in [-0.15, -0.1) is 5.10 Å². The zero-order chi connectivity index (χ0) is 24.9. The lowest BCUT2D eigenvalue weighted by Crippen LogP contribution is -2.22. The molecule has 0 saturated carbocycles. The molecule has 0 aliphatic carbocycles. The largest absolute Gasteiger partial charge is 0.399 e. The highest BCUT2D eigenvalue weighted by atomic mass is 16.1. The first-order valence-electron chi connectivity index (χ1n) is 10.8. The number of pyridine rings is 1. The number of aromatic nitrogens is 1. The molecule has 0 aliphatic heterocycles. The van der Waals surface area contributed by atoms with Crippen LogP contribution in [0, 0.1) is 0 Å². The molecule has 1 amide bonds. The number of fused-ring (bicyclic) bond motifs is 1. The van der Waals surface area contributed by atoms with Crippen LogP contribution in [0.25, 0.3) is 10.9 Å². The Morgan fingerprint density at radius 3 is 2.26 bits per heavy atom. The minimum Gasteiger partial charge on any atom is -0.399 e. The predicted molar refractivity (Wildman–Crippen MR) is 141 cm³/mol. The lowest BCUT2D eigenvalue weighted by Gasteiger charge is -2.08. The number of amides is 1. The van der Waals surface area contributed by atoms with E-state index < -0.39 is 0 Å². The topological polar surface area (TPSA) is 149 Å². The van der Waals surface area contributed by atoms with E-state index in [9.17, 15) is 4.79 Å². The fourth-order valence-electron chi connectivity index (χ4n) is 3.52. The molecule has 0 radical (unpaired) electrons. The Morgan fingerprint density at radius 2 is 1.57 bits per heavy atom. The fraction of sp³-hybridized carbons (Fsp3) is 0.0769.